The van der Waals surface area contributed by atoms with Crippen LogP contribution >= 0.6 is 11.3 Å². The summed E-state index contributed by atoms with van der Waals surface area (Å²) in [5, 5.41) is 17.4. The topological polar surface area (TPSA) is 121 Å². The number of nitrogens with one attached hydrogen (secondary N) is 2. The molecular weight excluding hydrogens is 468 g/mol. The van der Waals surface area contributed by atoms with E-state index in [9.17, 15) is 19.5 Å². The highest BCUT2D eigenvalue weighted by Gasteiger charge is 2.33. The lowest BCUT2D eigenvalue weighted by Crippen LogP contribution is -2.45. The van der Waals surface area contributed by atoms with Crippen molar-refractivity contribution < 1.29 is 24.2 Å². The number of rotatable bonds is 11. The fourth-order valence-corrected chi connectivity index (χ4v) is 4.02. The van der Waals surface area contributed by atoms with Crippen molar-refractivity contribution in [3.8, 4) is 5.75 Å². The lowest BCUT2D eigenvalue weighted by Gasteiger charge is -2.32. The van der Waals surface area contributed by atoms with Gasteiger partial charge >= 0.3 is 0 Å². The molecule has 35 heavy (non-hydrogen) atoms. The molecule has 0 radical (unpaired) electrons. The summed E-state index contributed by atoms with van der Waals surface area (Å²) in [4.78, 5) is 44.7. The van der Waals surface area contributed by atoms with E-state index >= 15 is 0 Å². The van der Waals surface area contributed by atoms with Gasteiger partial charge in [0.05, 0.1) is 6.61 Å². The Labute approximate surface area is 207 Å². The van der Waals surface area contributed by atoms with Crippen LogP contribution in [0.3, 0.4) is 0 Å². The second kappa shape index (κ2) is 12.6. The van der Waals surface area contributed by atoms with E-state index in [2.05, 4.69) is 15.6 Å². The molecule has 1 aromatic heterocycles. The molecule has 0 aliphatic heterocycles. The molecule has 0 saturated carbocycles. The van der Waals surface area contributed by atoms with E-state index in [1.54, 1.807) is 35.8 Å². The first-order valence-electron chi connectivity index (χ1n) is 11.0. The van der Waals surface area contributed by atoms with Crippen LogP contribution in [-0.2, 0) is 19.1 Å². The summed E-state index contributed by atoms with van der Waals surface area (Å²) in [5.41, 5.74) is 1.95. The third-order valence-corrected chi connectivity index (χ3v) is 5.80. The fourth-order valence-electron chi connectivity index (χ4n) is 3.47. The van der Waals surface area contributed by atoms with Gasteiger partial charge in [0.15, 0.2) is 5.13 Å². The molecule has 3 N–H and O–H groups in total. The van der Waals surface area contributed by atoms with Crippen LogP contribution in [0.5, 0.6) is 5.75 Å². The highest BCUT2D eigenvalue weighted by Crippen LogP contribution is 2.30. The van der Waals surface area contributed by atoms with Gasteiger partial charge in [0.1, 0.15) is 11.8 Å². The molecule has 1 atom stereocenters. The average molecular weight is 497 g/mol. The van der Waals surface area contributed by atoms with Gasteiger partial charge in [-0.05, 0) is 42.3 Å². The number of phenols is 1. The first-order chi connectivity index (χ1) is 16.9. The van der Waals surface area contributed by atoms with E-state index in [1.165, 1.54) is 35.5 Å². The summed E-state index contributed by atoms with van der Waals surface area (Å²) in [6.45, 7) is 2.46. The van der Waals surface area contributed by atoms with Crippen molar-refractivity contribution in [1.29, 1.82) is 0 Å². The Morgan fingerprint density at radius 1 is 1.14 bits per heavy atom. The van der Waals surface area contributed by atoms with Crippen LogP contribution in [0.1, 0.15) is 30.0 Å². The fraction of sp³-hybridized carbons (Fsp3) is 0.280. The Hall–Kier alpha value is -3.76. The summed E-state index contributed by atoms with van der Waals surface area (Å²) >= 11 is 1.28. The molecule has 0 saturated heterocycles. The van der Waals surface area contributed by atoms with Crippen LogP contribution in [0.15, 0.2) is 60.1 Å². The molecule has 184 valence electrons. The molecule has 0 aliphatic rings. The van der Waals surface area contributed by atoms with Gasteiger partial charge in [-0.25, -0.2) is 4.98 Å². The molecule has 0 bridgehead atoms. The summed E-state index contributed by atoms with van der Waals surface area (Å²) in [6.07, 6.45) is 1.38. The van der Waals surface area contributed by atoms with Crippen LogP contribution in [-0.4, -0.2) is 48.1 Å². The zero-order chi connectivity index (χ0) is 25.2. The Morgan fingerprint density at radius 2 is 1.91 bits per heavy atom. The quantitative estimate of drug-likeness (QED) is 0.350. The highest BCUT2D eigenvalue weighted by atomic mass is 32.1. The SMILES string of the molecule is COCCNC(=O)[C@H](c1ccc(O)cc1)N(C(=O)CCC(=O)Nc1nccs1)c1cccc(C)c1. The summed E-state index contributed by atoms with van der Waals surface area (Å²) in [7, 11) is 1.53. The van der Waals surface area contributed by atoms with Gasteiger partial charge in [0.25, 0.3) is 0 Å². The standard InChI is InChI=1S/C25H28N4O5S/c1-17-4-3-5-19(16-17)29(22(32)11-10-21(31)28-25-27-13-15-35-25)23(24(33)26-12-14-34-2)18-6-8-20(30)9-7-18/h3-9,13,15-16,23,30H,10-12,14H2,1-2H3,(H,26,33)(H,27,28,31)/t23-/m0/s1. The number of aryl methyl sites for hydroxylation is 1. The average Bonchev–Trinajstić information content (AvgIpc) is 3.35. The summed E-state index contributed by atoms with van der Waals surface area (Å²) in [6, 6.07) is 12.3. The Kier molecular flexibility index (Phi) is 9.33. The molecular formula is C25H28N4O5S. The van der Waals surface area contributed by atoms with Crippen molar-refractivity contribution in [2.45, 2.75) is 25.8 Å². The monoisotopic (exact) mass is 496 g/mol. The van der Waals surface area contributed by atoms with Gasteiger partial charge in [0.2, 0.25) is 17.7 Å². The Balaban J connectivity index is 1.91. The van der Waals surface area contributed by atoms with Gasteiger partial charge in [0, 0.05) is 43.8 Å². The van der Waals surface area contributed by atoms with Crippen molar-refractivity contribution in [3.63, 3.8) is 0 Å². The number of hydrogen-bond donors (Lipinski definition) is 3. The van der Waals surface area contributed by atoms with Gasteiger partial charge in [-0.3, -0.25) is 19.3 Å². The van der Waals surface area contributed by atoms with E-state index in [-0.39, 0.29) is 31.0 Å². The third kappa shape index (κ3) is 7.36. The number of anilines is 2. The Bertz CT molecular complexity index is 1140. The maximum absolute atomic E-state index is 13.6. The van der Waals surface area contributed by atoms with Crippen molar-refractivity contribution >= 4 is 39.9 Å². The lowest BCUT2D eigenvalue weighted by atomic mass is 10.0. The molecule has 0 spiro atoms. The van der Waals surface area contributed by atoms with Crippen molar-refractivity contribution in [3.05, 3.63) is 71.2 Å². The summed E-state index contributed by atoms with van der Waals surface area (Å²) < 4.78 is 5.03. The minimum atomic E-state index is -1.02. The van der Waals surface area contributed by atoms with Crippen molar-refractivity contribution in [1.82, 2.24) is 10.3 Å². The van der Waals surface area contributed by atoms with Crippen molar-refractivity contribution in [2.75, 3.05) is 30.5 Å². The summed E-state index contributed by atoms with van der Waals surface area (Å²) in [5.74, 6) is -1.11. The van der Waals surface area contributed by atoms with Crippen LogP contribution < -0.4 is 15.5 Å². The minimum Gasteiger partial charge on any atom is -0.508 e. The number of benzene rings is 2. The second-order valence-corrected chi connectivity index (χ2v) is 8.66. The predicted molar refractivity (Wildman–Crippen MR) is 134 cm³/mol. The van der Waals surface area contributed by atoms with Crippen LogP contribution in [0.4, 0.5) is 10.8 Å². The van der Waals surface area contributed by atoms with E-state index in [0.29, 0.717) is 23.0 Å². The van der Waals surface area contributed by atoms with Gasteiger partial charge in [-0.1, -0.05) is 24.3 Å². The maximum atomic E-state index is 13.6. The zero-order valence-electron chi connectivity index (χ0n) is 19.6. The van der Waals surface area contributed by atoms with Gasteiger partial charge < -0.3 is 20.5 Å². The number of methoxy groups -OCH3 is 1. The highest BCUT2D eigenvalue weighted by molar-refractivity contribution is 7.13. The second-order valence-electron chi connectivity index (χ2n) is 7.77. The molecule has 10 heteroatoms. The largest absolute Gasteiger partial charge is 0.508 e. The minimum absolute atomic E-state index is 0.0413. The van der Waals surface area contributed by atoms with Gasteiger partial charge in [-0.15, -0.1) is 11.3 Å². The van der Waals surface area contributed by atoms with Gasteiger partial charge in [-0.2, -0.15) is 0 Å². The van der Waals surface area contributed by atoms with E-state index in [1.807, 2.05) is 19.1 Å². The maximum Gasteiger partial charge on any atom is 0.247 e. The molecule has 2 aromatic carbocycles. The molecule has 3 rings (SSSR count). The molecule has 1 heterocycles. The normalized spacial score (nSPS) is 11.5. The number of thiazole rings is 1. The number of carbonyl (C=O) groups is 3. The number of aromatic hydroxyl groups is 1. The van der Waals surface area contributed by atoms with E-state index in [0.717, 1.165) is 5.56 Å². The number of amides is 3. The molecule has 0 aliphatic carbocycles. The Morgan fingerprint density at radius 3 is 2.57 bits per heavy atom. The third-order valence-electron chi connectivity index (χ3n) is 5.11. The molecule has 0 fully saturated rings. The predicted octanol–water partition coefficient (Wildman–Crippen LogP) is 3.41. The smallest absolute Gasteiger partial charge is 0.247 e. The van der Waals surface area contributed by atoms with Crippen LogP contribution in [0.25, 0.3) is 0 Å². The number of ether oxygens (including phenoxy) is 1. The lowest BCUT2D eigenvalue weighted by molar-refractivity contribution is -0.127. The number of hydrogen-bond acceptors (Lipinski definition) is 7. The van der Waals surface area contributed by atoms with E-state index in [4.69, 9.17) is 4.74 Å². The van der Waals surface area contributed by atoms with Crippen LogP contribution in [0, 0.1) is 6.92 Å². The van der Waals surface area contributed by atoms with Crippen LogP contribution in [0.2, 0.25) is 0 Å². The number of carbonyl (C=O) groups excluding carboxylic acids is 3. The number of aromatic nitrogens is 1. The van der Waals surface area contributed by atoms with E-state index < -0.39 is 17.9 Å². The molecule has 9 nitrogen and oxygen atoms in total. The van der Waals surface area contributed by atoms with Crippen molar-refractivity contribution in [2.24, 2.45) is 0 Å². The molecule has 0 unspecified atom stereocenters. The zero-order valence-corrected chi connectivity index (χ0v) is 20.4. The first kappa shape index (κ1) is 25.9. The molecule has 3 aromatic rings. The number of phenolic OH excluding ortho intramolecular Hbond substituents is 1. The first-order valence-corrected chi connectivity index (χ1v) is 11.9. The molecule has 3 amide bonds. The number of nitrogens with zero attached hydrogens (tertiary/aromatic N) is 2.